The van der Waals surface area contributed by atoms with Crippen molar-refractivity contribution in [2.24, 2.45) is 0 Å². The predicted molar refractivity (Wildman–Crippen MR) is 129 cm³/mol. The number of nitrogen functional groups attached to an aromatic ring is 1. The molecule has 7 heteroatoms. The minimum atomic E-state index is -0.460. The zero-order chi connectivity index (χ0) is 23.4. The highest BCUT2D eigenvalue weighted by Crippen LogP contribution is 2.47. The Bertz CT molecular complexity index is 1410. The first-order valence-electron chi connectivity index (χ1n) is 11.8. The van der Waals surface area contributed by atoms with Crippen molar-refractivity contribution in [3.8, 4) is 28.3 Å². The predicted octanol–water partition coefficient (Wildman–Crippen LogP) is 5.67. The summed E-state index contributed by atoms with van der Waals surface area (Å²) in [7, 11) is 0. The average Bonchev–Trinajstić information content (AvgIpc) is 3.39. The van der Waals surface area contributed by atoms with Crippen molar-refractivity contribution >= 4 is 5.82 Å². The van der Waals surface area contributed by atoms with Crippen LogP contribution in [-0.2, 0) is 13.0 Å². The quantitative estimate of drug-likeness (QED) is 0.421. The number of halogens is 1. The Morgan fingerprint density at radius 3 is 2.91 bits per heavy atom. The van der Waals surface area contributed by atoms with Gasteiger partial charge in [0.15, 0.2) is 11.6 Å². The molecule has 172 valence electrons. The van der Waals surface area contributed by atoms with Crippen LogP contribution in [0.3, 0.4) is 0 Å². The van der Waals surface area contributed by atoms with Crippen LogP contribution in [-0.4, -0.2) is 19.7 Å². The van der Waals surface area contributed by atoms with E-state index in [0.29, 0.717) is 11.6 Å². The zero-order valence-corrected chi connectivity index (χ0v) is 19.3. The molecule has 6 rings (SSSR count). The number of aromatic nitrogens is 4. The Balaban J connectivity index is 1.69. The van der Waals surface area contributed by atoms with Crippen molar-refractivity contribution in [1.29, 1.82) is 0 Å². The molecule has 1 aromatic carbocycles. The Morgan fingerprint density at radius 1 is 1.18 bits per heavy atom. The lowest BCUT2D eigenvalue weighted by Crippen LogP contribution is -2.12. The fraction of sp³-hybridized carbons (Fsp3) is 0.296. The second kappa shape index (κ2) is 7.94. The summed E-state index contributed by atoms with van der Waals surface area (Å²) in [5.74, 6) is 0.604. The van der Waals surface area contributed by atoms with Gasteiger partial charge < -0.3 is 10.5 Å². The summed E-state index contributed by atoms with van der Waals surface area (Å²) in [6.45, 7) is 4.87. The van der Waals surface area contributed by atoms with Gasteiger partial charge in [-0.2, -0.15) is 5.10 Å². The van der Waals surface area contributed by atoms with E-state index in [9.17, 15) is 4.39 Å². The molecule has 6 nitrogen and oxygen atoms in total. The van der Waals surface area contributed by atoms with E-state index in [1.54, 1.807) is 18.5 Å². The summed E-state index contributed by atoms with van der Waals surface area (Å²) in [5.41, 5.74) is 14.1. The van der Waals surface area contributed by atoms with Gasteiger partial charge in [-0.25, -0.2) is 9.37 Å². The van der Waals surface area contributed by atoms with Crippen molar-refractivity contribution in [2.75, 3.05) is 5.73 Å². The summed E-state index contributed by atoms with van der Waals surface area (Å²) in [4.78, 5) is 9.26. The number of anilines is 1. The second-order valence-electron chi connectivity index (χ2n) is 9.06. The number of hydrogen-bond acceptors (Lipinski definition) is 5. The molecule has 0 saturated carbocycles. The molecule has 34 heavy (non-hydrogen) atoms. The zero-order valence-electron chi connectivity index (χ0n) is 19.3. The van der Waals surface area contributed by atoms with Crippen molar-refractivity contribution in [3.05, 3.63) is 77.0 Å². The molecule has 4 aromatic rings. The summed E-state index contributed by atoms with van der Waals surface area (Å²) >= 11 is 0. The van der Waals surface area contributed by atoms with E-state index in [4.69, 9.17) is 20.6 Å². The molecule has 1 aliphatic heterocycles. The largest absolute Gasteiger partial charge is 0.482 e. The lowest BCUT2D eigenvalue weighted by atomic mass is 9.86. The number of nitrogens with zero attached hydrogens (tertiary/aromatic N) is 4. The normalized spacial score (nSPS) is 18.2. The molecule has 1 aliphatic carbocycles. The second-order valence-corrected chi connectivity index (χ2v) is 9.06. The van der Waals surface area contributed by atoms with Gasteiger partial charge in [-0.15, -0.1) is 0 Å². The fourth-order valence-electron chi connectivity index (χ4n) is 5.43. The van der Waals surface area contributed by atoms with Gasteiger partial charge in [-0.05, 0) is 62.1 Å². The van der Waals surface area contributed by atoms with Crippen LogP contribution in [0.25, 0.3) is 22.5 Å². The van der Waals surface area contributed by atoms with Crippen LogP contribution in [0.2, 0.25) is 0 Å². The Morgan fingerprint density at radius 2 is 2.06 bits per heavy atom. The highest BCUT2D eigenvalue weighted by Gasteiger charge is 2.35. The molecule has 0 saturated heterocycles. The number of ether oxygens (including phenoxy) is 1. The SMILES string of the molecule is CCCn1nc2c3c1-c1cnc(N)c(c1)O[C@H](C)c1cc(F)ccc1-c1ncccc1C3CC2. The highest BCUT2D eigenvalue weighted by molar-refractivity contribution is 5.74. The summed E-state index contributed by atoms with van der Waals surface area (Å²) < 4.78 is 22.8. The van der Waals surface area contributed by atoms with E-state index in [0.717, 1.165) is 65.1 Å². The van der Waals surface area contributed by atoms with Crippen LogP contribution in [0, 0.1) is 5.82 Å². The van der Waals surface area contributed by atoms with Gasteiger partial charge in [0.1, 0.15) is 11.9 Å². The van der Waals surface area contributed by atoms with Crippen molar-refractivity contribution < 1.29 is 9.13 Å². The first-order chi connectivity index (χ1) is 16.5. The molecule has 4 heterocycles. The van der Waals surface area contributed by atoms with Crippen LogP contribution >= 0.6 is 0 Å². The van der Waals surface area contributed by atoms with Gasteiger partial charge >= 0.3 is 0 Å². The maximum atomic E-state index is 14.4. The molecule has 2 aliphatic rings. The maximum absolute atomic E-state index is 14.4. The standard InChI is InChI=1S/C27H26FN5O/c1-3-11-33-26-16-12-23(27(29)31-14-16)34-15(2)21-13-17(28)6-7-20(21)25-19(5-4-10-30-25)18-8-9-22(32-33)24(18)26/h4-7,10,12-15,18H,3,8-9,11H2,1-2H3,(H2,29,31)/t15-,18?/m1/s1. The van der Waals surface area contributed by atoms with Gasteiger partial charge in [0.05, 0.1) is 17.1 Å². The smallest absolute Gasteiger partial charge is 0.166 e. The fourth-order valence-corrected chi connectivity index (χ4v) is 5.43. The van der Waals surface area contributed by atoms with Crippen LogP contribution < -0.4 is 10.5 Å². The molecule has 2 atom stereocenters. The van der Waals surface area contributed by atoms with Crippen LogP contribution in [0.4, 0.5) is 10.2 Å². The first-order valence-corrected chi connectivity index (χ1v) is 11.8. The van der Waals surface area contributed by atoms with Gasteiger partial charge in [0, 0.05) is 47.1 Å². The van der Waals surface area contributed by atoms with E-state index in [1.807, 2.05) is 19.1 Å². The molecular formula is C27H26FN5O. The van der Waals surface area contributed by atoms with Crippen LogP contribution in [0.15, 0.2) is 48.8 Å². The molecule has 0 spiro atoms. The third-order valence-corrected chi connectivity index (χ3v) is 6.90. The number of nitrogens with two attached hydrogens (primary N) is 1. The first kappa shape index (κ1) is 20.8. The molecular weight excluding hydrogens is 429 g/mol. The van der Waals surface area contributed by atoms with Crippen molar-refractivity contribution in [3.63, 3.8) is 0 Å². The monoisotopic (exact) mass is 455 g/mol. The summed E-state index contributed by atoms with van der Waals surface area (Å²) in [6.07, 6.45) is 5.96. The van der Waals surface area contributed by atoms with Crippen LogP contribution in [0.5, 0.6) is 5.75 Å². The third-order valence-electron chi connectivity index (χ3n) is 6.90. The van der Waals surface area contributed by atoms with Gasteiger partial charge in [0.2, 0.25) is 0 Å². The number of benzene rings is 1. The number of aryl methyl sites for hydroxylation is 2. The molecule has 0 radical (unpaired) electrons. The maximum Gasteiger partial charge on any atom is 0.166 e. The number of fused-ring (bicyclic) bond motifs is 7. The third kappa shape index (κ3) is 3.18. The average molecular weight is 456 g/mol. The molecule has 2 bridgehead atoms. The summed E-state index contributed by atoms with van der Waals surface area (Å²) in [6, 6.07) is 10.9. The number of pyridine rings is 2. The van der Waals surface area contributed by atoms with E-state index in [-0.39, 0.29) is 11.7 Å². The molecule has 0 amide bonds. The Hall–Kier alpha value is -3.74. The van der Waals surface area contributed by atoms with E-state index in [1.165, 1.54) is 17.7 Å². The Labute approximate surface area is 197 Å². The van der Waals surface area contributed by atoms with E-state index in [2.05, 4.69) is 22.7 Å². The minimum Gasteiger partial charge on any atom is -0.482 e. The van der Waals surface area contributed by atoms with Crippen molar-refractivity contribution in [2.45, 2.75) is 51.7 Å². The van der Waals surface area contributed by atoms with Gasteiger partial charge in [-0.1, -0.05) is 13.0 Å². The summed E-state index contributed by atoms with van der Waals surface area (Å²) in [5, 5.41) is 5.00. The van der Waals surface area contributed by atoms with Crippen LogP contribution in [0.1, 0.15) is 61.1 Å². The minimum absolute atomic E-state index is 0.133. The number of rotatable bonds is 2. The molecule has 1 unspecified atom stereocenters. The Kier molecular flexibility index (Phi) is 4.86. The lowest BCUT2D eigenvalue weighted by Gasteiger charge is -2.24. The topological polar surface area (TPSA) is 78.9 Å². The highest BCUT2D eigenvalue weighted by atomic mass is 19.1. The van der Waals surface area contributed by atoms with E-state index < -0.39 is 6.10 Å². The molecule has 2 N–H and O–H groups in total. The van der Waals surface area contributed by atoms with Gasteiger partial charge in [-0.3, -0.25) is 9.67 Å². The van der Waals surface area contributed by atoms with Crippen molar-refractivity contribution in [1.82, 2.24) is 19.7 Å². The number of hydrogen-bond donors (Lipinski definition) is 1. The van der Waals surface area contributed by atoms with E-state index >= 15 is 0 Å². The lowest BCUT2D eigenvalue weighted by molar-refractivity contribution is 0.227. The molecule has 0 fully saturated rings. The molecule has 3 aromatic heterocycles. The van der Waals surface area contributed by atoms with Gasteiger partial charge in [0.25, 0.3) is 0 Å².